The number of carbonyl (C=O) groups excluding carboxylic acids is 2. The zero-order chi connectivity index (χ0) is 22.3. The lowest BCUT2D eigenvalue weighted by molar-refractivity contribution is 0.160. The van der Waals surface area contributed by atoms with Crippen molar-refractivity contribution < 1.29 is 14.3 Å². The van der Waals surface area contributed by atoms with Crippen molar-refractivity contribution in [3.63, 3.8) is 0 Å². The second-order valence-corrected chi connectivity index (χ2v) is 7.46. The van der Waals surface area contributed by atoms with Crippen LogP contribution in [0.1, 0.15) is 12.2 Å². The van der Waals surface area contributed by atoms with Gasteiger partial charge in [0.2, 0.25) is 0 Å². The number of anilines is 2. The Morgan fingerprint density at radius 1 is 0.906 bits per heavy atom. The Hall–Kier alpha value is -3.84. The predicted octanol–water partition coefficient (Wildman–Crippen LogP) is 5.95. The molecular formula is C24H21ClN4O3. The van der Waals surface area contributed by atoms with Gasteiger partial charge in [0.15, 0.2) is 0 Å². The van der Waals surface area contributed by atoms with Crippen LogP contribution in [-0.2, 0) is 11.2 Å². The number of benzene rings is 3. The van der Waals surface area contributed by atoms with Crippen LogP contribution in [0.2, 0.25) is 5.02 Å². The molecule has 0 aliphatic carbocycles. The fourth-order valence-corrected chi connectivity index (χ4v) is 3.48. The van der Waals surface area contributed by atoms with Crippen molar-refractivity contribution in [1.82, 2.24) is 9.55 Å². The Morgan fingerprint density at radius 2 is 1.66 bits per heavy atom. The van der Waals surface area contributed by atoms with Crippen LogP contribution in [0.4, 0.5) is 21.0 Å². The van der Waals surface area contributed by atoms with Crippen molar-refractivity contribution in [2.45, 2.75) is 12.8 Å². The van der Waals surface area contributed by atoms with Gasteiger partial charge in [0.1, 0.15) is 5.82 Å². The average molecular weight is 449 g/mol. The van der Waals surface area contributed by atoms with Crippen LogP contribution in [0.25, 0.3) is 11.0 Å². The fraction of sp³-hybridized carbons (Fsp3) is 0.125. The molecule has 162 valence electrons. The maximum atomic E-state index is 13.0. The number of aromatic nitrogens is 2. The first-order valence-electron chi connectivity index (χ1n) is 10.1. The van der Waals surface area contributed by atoms with Crippen molar-refractivity contribution in [2.24, 2.45) is 0 Å². The summed E-state index contributed by atoms with van der Waals surface area (Å²) in [6.45, 7) is 0.192. The van der Waals surface area contributed by atoms with E-state index >= 15 is 0 Å². The lowest BCUT2D eigenvalue weighted by Crippen LogP contribution is -2.22. The minimum atomic E-state index is -0.525. The third-order valence-corrected chi connectivity index (χ3v) is 4.94. The van der Waals surface area contributed by atoms with E-state index in [1.165, 1.54) is 0 Å². The molecule has 0 saturated carbocycles. The summed E-state index contributed by atoms with van der Waals surface area (Å²) in [5, 5.41) is 6.06. The van der Waals surface area contributed by atoms with Gasteiger partial charge >= 0.3 is 12.1 Å². The molecule has 2 N–H and O–H groups in total. The highest BCUT2D eigenvalue weighted by Gasteiger charge is 2.17. The number of amides is 2. The summed E-state index contributed by atoms with van der Waals surface area (Å²) >= 11 is 6.02. The van der Waals surface area contributed by atoms with E-state index in [4.69, 9.17) is 16.3 Å². The molecule has 0 saturated heterocycles. The van der Waals surface area contributed by atoms with Gasteiger partial charge in [-0.15, -0.1) is 0 Å². The third-order valence-electron chi connectivity index (χ3n) is 4.71. The maximum Gasteiger partial charge on any atom is 0.411 e. The van der Waals surface area contributed by atoms with Gasteiger partial charge in [-0.2, -0.15) is 0 Å². The number of fused-ring (bicyclic) bond motifs is 1. The normalized spacial score (nSPS) is 10.7. The number of nitrogens with one attached hydrogen (secondary N) is 2. The van der Waals surface area contributed by atoms with Crippen molar-refractivity contribution in [2.75, 3.05) is 17.2 Å². The highest BCUT2D eigenvalue weighted by atomic mass is 35.5. The summed E-state index contributed by atoms with van der Waals surface area (Å²) in [6.07, 6.45) is 0.440. The molecule has 4 rings (SSSR count). The lowest BCUT2D eigenvalue weighted by atomic mass is 10.3. The molecule has 8 heteroatoms. The second-order valence-electron chi connectivity index (χ2n) is 7.02. The first-order valence-corrected chi connectivity index (χ1v) is 10.5. The highest BCUT2D eigenvalue weighted by molar-refractivity contribution is 6.30. The molecule has 2 amide bonds. The number of rotatable bonds is 6. The second kappa shape index (κ2) is 9.98. The Morgan fingerprint density at radius 3 is 2.47 bits per heavy atom. The number of carbonyl (C=O) groups is 2. The number of nitrogens with zero attached hydrogens (tertiary/aromatic N) is 2. The van der Waals surface area contributed by atoms with Crippen molar-refractivity contribution >= 4 is 46.1 Å². The van der Waals surface area contributed by atoms with E-state index in [1.807, 2.05) is 42.5 Å². The predicted molar refractivity (Wildman–Crippen MR) is 125 cm³/mol. The van der Waals surface area contributed by atoms with E-state index in [1.54, 1.807) is 41.0 Å². The molecule has 0 bridgehead atoms. The monoisotopic (exact) mass is 448 g/mol. The van der Waals surface area contributed by atoms with Gasteiger partial charge in [-0.3, -0.25) is 5.32 Å². The summed E-state index contributed by atoms with van der Waals surface area (Å²) in [5.41, 5.74) is 2.67. The minimum Gasteiger partial charge on any atom is -0.449 e. The van der Waals surface area contributed by atoms with E-state index in [0.717, 1.165) is 0 Å². The maximum absolute atomic E-state index is 13.0. The summed E-state index contributed by atoms with van der Waals surface area (Å²) in [5.74, 6) is 0.581. The fourth-order valence-electron chi connectivity index (χ4n) is 3.29. The van der Waals surface area contributed by atoms with Gasteiger partial charge in [0.05, 0.1) is 17.6 Å². The first-order chi connectivity index (χ1) is 15.6. The first kappa shape index (κ1) is 21.4. The van der Waals surface area contributed by atoms with Gasteiger partial charge < -0.3 is 10.1 Å². The van der Waals surface area contributed by atoms with Gasteiger partial charge in [0.25, 0.3) is 0 Å². The molecule has 4 aromatic rings. The molecule has 3 aromatic carbocycles. The van der Waals surface area contributed by atoms with Crippen LogP contribution in [-0.4, -0.2) is 28.3 Å². The smallest absolute Gasteiger partial charge is 0.411 e. The number of para-hydroxylation sites is 3. The summed E-state index contributed by atoms with van der Waals surface area (Å²) in [7, 11) is 0. The van der Waals surface area contributed by atoms with Crippen LogP contribution in [0, 0.1) is 0 Å². The third kappa shape index (κ3) is 5.25. The lowest BCUT2D eigenvalue weighted by Gasteiger charge is -2.10. The molecule has 0 atom stereocenters. The van der Waals surface area contributed by atoms with Crippen LogP contribution >= 0.6 is 11.6 Å². The SMILES string of the molecule is O=C(Nc1ccccc1)OCCCc1nc2ccccc2n1C(=O)Nc1cccc(Cl)c1. The van der Waals surface area contributed by atoms with Crippen LogP contribution in [0.5, 0.6) is 0 Å². The molecular weight excluding hydrogens is 428 g/mol. The van der Waals surface area contributed by atoms with E-state index in [9.17, 15) is 9.59 Å². The van der Waals surface area contributed by atoms with Gasteiger partial charge in [0, 0.05) is 22.8 Å². The number of halogens is 1. The van der Waals surface area contributed by atoms with Crippen molar-refractivity contribution in [1.29, 1.82) is 0 Å². The zero-order valence-electron chi connectivity index (χ0n) is 17.1. The Kier molecular flexibility index (Phi) is 6.67. The van der Waals surface area contributed by atoms with Crippen molar-refractivity contribution in [3.8, 4) is 0 Å². The van der Waals surface area contributed by atoms with Gasteiger partial charge in [-0.05, 0) is 48.9 Å². The summed E-state index contributed by atoms with van der Waals surface area (Å²) in [6, 6.07) is 23.1. The number of hydrogen-bond donors (Lipinski definition) is 2. The standard InChI is InChI=1S/C24H21ClN4O3/c25-17-8-6-11-19(16-17)26-23(30)29-21-13-5-4-12-20(21)28-22(29)14-7-15-32-24(31)27-18-9-2-1-3-10-18/h1-6,8-13,16H,7,14-15H2,(H,26,30)(H,27,31). The number of hydrogen-bond acceptors (Lipinski definition) is 4. The summed E-state index contributed by atoms with van der Waals surface area (Å²) in [4.78, 5) is 29.6. The number of ether oxygens (including phenoxy) is 1. The van der Waals surface area contributed by atoms with Gasteiger partial charge in [-0.25, -0.2) is 19.1 Å². The molecule has 0 unspecified atom stereocenters. The Labute approximate surface area is 190 Å². The molecule has 1 heterocycles. The van der Waals surface area contributed by atoms with Crippen LogP contribution in [0.15, 0.2) is 78.9 Å². The highest BCUT2D eigenvalue weighted by Crippen LogP contribution is 2.20. The largest absolute Gasteiger partial charge is 0.449 e. The molecule has 0 radical (unpaired) electrons. The Balaban J connectivity index is 1.42. The molecule has 7 nitrogen and oxygen atoms in total. The molecule has 0 spiro atoms. The van der Waals surface area contributed by atoms with Crippen LogP contribution in [0.3, 0.4) is 0 Å². The van der Waals surface area contributed by atoms with Crippen LogP contribution < -0.4 is 10.6 Å². The number of aryl methyl sites for hydroxylation is 1. The van der Waals surface area contributed by atoms with E-state index < -0.39 is 6.09 Å². The Bertz CT molecular complexity index is 1240. The molecule has 32 heavy (non-hydrogen) atoms. The van der Waals surface area contributed by atoms with Gasteiger partial charge in [-0.1, -0.05) is 48.0 Å². The molecule has 1 aromatic heterocycles. The van der Waals surface area contributed by atoms with Crippen molar-refractivity contribution in [3.05, 3.63) is 89.7 Å². The van der Waals surface area contributed by atoms with E-state index in [-0.39, 0.29) is 12.6 Å². The molecule has 0 fully saturated rings. The molecule has 0 aliphatic heterocycles. The zero-order valence-corrected chi connectivity index (χ0v) is 17.9. The molecule has 0 aliphatic rings. The van der Waals surface area contributed by atoms with E-state index in [0.29, 0.717) is 46.1 Å². The minimum absolute atomic E-state index is 0.192. The number of imidazole rings is 1. The van der Waals surface area contributed by atoms with E-state index in [2.05, 4.69) is 15.6 Å². The quantitative estimate of drug-likeness (QED) is 0.357. The topological polar surface area (TPSA) is 85.2 Å². The average Bonchev–Trinajstić information content (AvgIpc) is 3.16. The summed E-state index contributed by atoms with van der Waals surface area (Å²) < 4.78 is 6.79.